The highest BCUT2D eigenvalue weighted by Crippen LogP contribution is 2.28. The molecule has 0 fully saturated rings. The molecule has 120 valence electrons. The molecule has 24 heavy (non-hydrogen) atoms. The number of rotatable bonds is 5. The summed E-state index contributed by atoms with van der Waals surface area (Å²) in [5, 5.41) is 15.6. The number of furan rings is 1. The van der Waals surface area contributed by atoms with Crippen LogP contribution in [0.25, 0.3) is 16.5 Å². The lowest BCUT2D eigenvalue weighted by atomic mass is 10.3. The molecule has 0 aliphatic rings. The highest BCUT2D eigenvalue weighted by atomic mass is 32.2. The van der Waals surface area contributed by atoms with Crippen LogP contribution >= 0.6 is 23.1 Å². The van der Waals surface area contributed by atoms with E-state index >= 15 is 0 Å². The van der Waals surface area contributed by atoms with Gasteiger partial charge in [0.2, 0.25) is 5.16 Å². The van der Waals surface area contributed by atoms with E-state index in [1.165, 1.54) is 0 Å². The predicted molar refractivity (Wildman–Crippen MR) is 93.3 cm³/mol. The number of tetrazole rings is 1. The number of para-hydroxylation sites is 1. The van der Waals surface area contributed by atoms with Gasteiger partial charge in [-0.3, -0.25) is 0 Å². The minimum absolute atomic E-state index is 0.698. The lowest BCUT2D eigenvalue weighted by molar-refractivity contribution is 0.548. The van der Waals surface area contributed by atoms with E-state index in [0.29, 0.717) is 5.75 Å². The van der Waals surface area contributed by atoms with Gasteiger partial charge in [-0.1, -0.05) is 30.0 Å². The van der Waals surface area contributed by atoms with Gasteiger partial charge in [0.15, 0.2) is 10.8 Å². The summed E-state index contributed by atoms with van der Waals surface area (Å²) in [7, 11) is 0. The van der Waals surface area contributed by atoms with Crippen LogP contribution in [0.3, 0.4) is 0 Å². The van der Waals surface area contributed by atoms with Crippen LogP contribution in [0.2, 0.25) is 0 Å². The first kappa shape index (κ1) is 15.1. The number of hydrogen-bond donors (Lipinski definition) is 0. The number of aryl methyl sites for hydroxylation is 1. The molecule has 1 aromatic carbocycles. The second-order valence-electron chi connectivity index (χ2n) is 5.05. The van der Waals surface area contributed by atoms with Gasteiger partial charge < -0.3 is 4.42 Å². The zero-order valence-electron chi connectivity index (χ0n) is 12.8. The zero-order valence-corrected chi connectivity index (χ0v) is 14.4. The van der Waals surface area contributed by atoms with Crippen LogP contribution in [0.15, 0.2) is 57.4 Å². The van der Waals surface area contributed by atoms with Gasteiger partial charge >= 0.3 is 0 Å². The van der Waals surface area contributed by atoms with E-state index in [-0.39, 0.29) is 0 Å². The van der Waals surface area contributed by atoms with Crippen LogP contribution in [0, 0.1) is 6.92 Å². The molecule has 4 rings (SSSR count). The molecule has 0 N–H and O–H groups in total. The summed E-state index contributed by atoms with van der Waals surface area (Å²) < 4.78 is 7.34. The summed E-state index contributed by atoms with van der Waals surface area (Å²) in [6, 6.07) is 13.7. The van der Waals surface area contributed by atoms with Crippen LogP contribution in [-0.2, 0) is 5.75 Å². The van der Waals surface area contributed by atoms with Gasteiger partial charge in [-0.15, -0.1) is 16.4 Å². The Morgan fingerprint density at radius 2 is 2.04 bits per heavy atom. The van der Waals surface area contributed by atoms with Crippen molar-refractivity contribution in [2.24, 2.45) is 0 Å². The van der Waals surface area contributed by atoms with Gasteiger partial charge in [0.1, 0.15) is 5.76 Å². The third-order valence-electron chi connectivity index (χ3n) is 3.29. The Labute approximate surface area is 146 Å². The molecule has 0 spiro atoms. The maximum atomic E-state index is 5.61. The Kier molecular flexibility index (Phi) is 4.14. The average molecular weight is 355 g/mol. The zero-order chi connectivity index (χ0) is 16.4. The van der Waals surface area contributed by atoms with E-state index in [1.807, 2.05) is 54.8 Å². The molecule has 0 saturated carbocycles. The second kappa shape index (κ2) is 6.58. The smallest absolute Gasteiger partial charge is 0.214 e. The largest absolute Gasteiger partial charge is 0.459 e. The Hall–Kier alpha value is -2.45. The van der Waals surface area contributed by atoms with E-state index in [4.69, 9.17) is 4.42 Å². The van der Waals surface area contributed by atoms with Crippen molar-refractivity contribution in [2.75, 3.05) is 0 Å². The number of thiazole rings is 1. The van der Waals surface area contributed by atoms with Crippen molar-refractivity contribution in [3.8, 4) is 16.5 Å². The molecule has 0 saturated heterocycles. The number of thioether (sulfide) groups is 1. The Balaban J connectivity index is 1.49. The second-order valence-corrected chi connectivity index (χ2v) is 6.85. The van der Waals surface area contributed by atoms with Crippen molar-refractivity contribution in [1.82, 2.24) is 25.2 Å². The summed E-state index contributed by atoms with van der Waals surface area (Å²) in [4.78, 5) is 4.62. The minimum Gasteiger partial charge on any atom is -0.459 e. The van der Waals surface area contributed by atoms with Crippen molar-refractivity contribution in [3.63, 3.8) is 0 Å². The van der Waals surface area contributed by atoms with Crippen LogP contribution in [0.4, 0.5) is 0 Å². The van der Waals surface area contributed by atoms with Gasteiger partial charge in [0.25, 0.3) is 0 Å². The minimum atomic E-state index is 0.698. The summed E-state index contributed by atoms with van der Waals surface area (Å²) in [6.45, 7) is 1.93. The Morgan fingerprint density at radius 1 is 1.17 bits per heavy atom. The molecule has 0 bridgehead atoms. The first-order chi connectivity index (χ1) is 11.8. The molecule has 6 nitrogen and oxygen atoms in total. The topological polar surface area (TPSA) is 69.6 Å². The van der Waals surface area contributed by atoms with Crippen molar-refractivity contribution >= 4 is 23.1 Å². The summed E-state index contributed by atoms with van der Waals surface area (Å²) in [6.07, 6.45) is 0. The van der Waals surface area contributed by atoms with E-state index in [2.05, 4.69) is 20.5 Å². The molecule has 0 radical (unpaired) electrons. The first-order valence-corrected chi connectivity index (χ1v) is 9.14. The molecule has 0 aliphatic carbocycles. The fraction of sp³-hybridized carbons (Fsp3) is 0.125. The van der Waals surface area contributed by atoms with Gasteiger partial charge in [0, 0.05) is 11.1 Å². The summed E-state index contributed by atoms with van der Waals surface area (Å²) >= 11 is 3.13. The maximum absolute atomic E-state index is 5.61. The van der Waals surface area contributed by atoms with E-state index < -0.39 is 0 Å². The standard InChI is InChI=1S/C16H13N5OS2/c1-11-7-8-14(22-11)15-17-12(9-23-15)10-24-16-18-19-20-21(16)13-5-3-2-4-6-13/h2-9H,10H2,1H3. The molecule has 0 aliphatic heterocycles. The van der Waals surface area contributed by atoms with Gasteiger partial charge in [-0.25, -0.2) is 4.98 Å². The first-order valence-electron chi connectivity index (χ1n) is 7.27. The molecular weight excluding hydrogens is 342 g/mol. The van der Waals surface area contributed by atoms with Gasteiger partial charge in [-0.2, -0.15) is 4.68 Å². The Bertz CT molecular complexity index is 944. The predicted octanol–water partition coefficient (Wildman–Crippen LogP) is 3.98. The van der Waals surface area contributed by atoms with E-state index in [0.717, 1.165) is 33.1 Å². The molecule has 8 heteroatoms. The maximum Gasteiger partial charge on any atom is 0.214 e. The SMILES string of the molecule is Cc1ccc(-c2nc(CSc3nnnn3-c3ccccc3)cs2)o1. The highest BCUT2D eigenvalue weighted by molar-refractivity contribution is 7.98. The van der Waals surface area contributed by atoms with Crippen molar-refractivity contribution < 1.29 is 4.42 Å². The number of aromatic nitrogens is 5. The monoisotopic (exact) mass is 355 g/mol. The number of hydrogen-bond acceptors (Lipinski definition) is 7. The van der Waals surface area contributed by atoms with Crippen molar-refractivity contribution in [3.05, 3.63) is 59.3 Å². The van der Waals surface area contributed by atoms with Crippen LogP contribution in [0.5, 0.6) is 0 Å². The fourth-order valence-corrected chi connectivity index (χ4v) is 3.84. The summed E-state index contributed by atoms with van der Waals surface area (Å²) in [5.74, 6) is 2.39. The van der Waals surface area contributed by atoms with Gasteiger partial charge in [-0.05, 0) is 41.6 Å². The normalized spacial score (nSPS) is 11.0. The van der Waals surface area contributed by atoms with Gasteiger partial charge in [0.05, 0.1) is 11.4 Å². The average Bonchev–Trinajstić information content (AvgIpc) is 3.34. The third-order valence-corrected chi connectivity index (χ3v) is 5.15. The molecule has 3 aromatic heterocycles. The van der Waals surface area contributed by atoms with Crippen LogP contribution < -0.4 is 0 Å². The fourth-order valence-electron chi connectivity index (χ4n) is 2.17. The van der Waals surface area contributed by atoms with Crippen molar-refractivity contribution in [1.29, 1.82) is 0 Å². The molecule has 0 atom stereocenters. The van der Waals surface area contributed by atoms with Crippen LogP contribution in [-0.4, -0.2) is 25.2 Å². The summed E-state index contributed by atoms with van der Waals surface area (Å²) in [5.41, 5.74) is 1.92. The lowest BCUT2D eigenvalue weighted by Crippen LogP contribution is -1.98. The lowest BCUT2D eigenvalue weighted by Gasteiger charge is -2.02. The van der Waals surface area contributed by atoms with E-state index in [9.17, 15) is 0 Å². The quantitative estimate of drug-likeness (QED) is 0.504. The van der Waals surface area contributed by atoms with Crippen LogP contribution in [0.1, 0.15) is 11.5 Å². The molecule has 3 heterocycles. The molecular formula is C16H13N5OS2. The molecule has 0 amide bonds. The molecule has 4 aromatic rings. The molecule has 0 unspecified atom stereocenters. The number of benzene rings is 1. The van der Waals surface area contributed by atoms with E-state index in [1.54, 1.807) is 27.8 Å². The van der Waals surface area contributed by atoms with Crippen molar-refractivity contribution in [2.45, 2.75) is 17.8 Å². The third kappa shape index (κ3) is 3.10. The number of nitrogens with zero attached hydrogens (tertiary/aromatic N) is 5. The Morgan fingerprint density at radius 3 is 2.83 bits per heavy atom. The highest BCUT2D eigenvalue weighted by Gasteiger charge is 2.12.